The molecule has 2 nitrogen and oxygen atoms in total. The number of fused-ring (bicyclic) bond motifs is 1. The maximum absolute atomic E-state index is 6.22. The largest absolute Gasteiger partial charge is 0.329 e. The molecule has 1 heterocycles. The summed E-state index contributed by atoms with van der Waals surface area (Å²) >= 11 is 2.09. The van der Waals surface area contributed by atoms with Gasteiger partial charge < -0.3 is 5.73 Å². The minimum Gasteiger partial charge on any atom is -0.329 e. The van der Waals surface area contributed by atoms with Gasteiger partial charge in [0.1, 0.15) is 0 Å². The molecule has 0 bridgehead atoms. The number of benzene rings is 1. The summed E-state index contributed by atoms with van der Waals surface area (Å²) in [5.74, 6) is 1.23. The third-order valence-corrected chi connectivity index (χ3v) is 5.93. The first-order valence-corrected chi connectivity index (χ1v) is 8.19. The summed E-state index contributed by atoms with van der Waals surface area (Å²) < 4.78 is 0.356. The molecule has 0 atom stereocenters. The van der Waals surface area contributed by atoms with Crippen LogP contribution in [-0.2, 0) is 12.8 Å². The van der Waals surface area contributed by atoms with E-state index in [2.05, 4.69) is 54.8 Å². The summed E-state index contributed by atoms with van der Waals surface area (Å²) in [6.07, 6.45) is 2.25. The van der Waals surface area contributed by atoms with Crippen molar-refractivity contribution in [3.63, 3.8) is 0 Å². The zero-order valence-corrected chi connectivity index (χ0v) is 12.8. The monoisotopic (exact) mass is 276 g/mol. The van der Waals surface area contributed by atoms with Crippen molar-refractivity contribution in [3.05, 3.63) is 35.4 Å². The Hall–Kier alpha value is -0.510. The van der Waals surface area contributed by atoms with Crippen molar-refractivity contribution in [1.82, 2.24) is 4.90 Å². The maximum atomic E-state index is 6.22. The van der Waals surface area contributed by atoms with Crippen LogP contribution < -0.4 is 5.73 Å². The SMILES string of the molecule is CC1(C)CN(C2(CN)Cc3ccccc3C2)CCS1. The second-order valence-electron chi connectivity index (χ2n) is 6.58. The van der Waals surface area contributed by atoms with Crippen molar-refractivity contribution >= 4 is 11.8 Å². The van der Waals surface area contributed by atoms with E-state index in [0.717, 1.165) is 25.9 Å². The van der Waals surface area contributed by atoms with Gasteiger partial charge in [0.15, 0.2) is 0 Å². The molecule has 0 radical (unpaired) electrons. The van der Waals surface area contributed by atoms with Gasteiger partial charge in [-0.15, -0.1) is 0 Å². The van der Waals surface area contributed by atoms with Gasteiger partial charge in [-0.3, -0.25) is 4.90 Å². The molecule has 3 heteroatoms. The maximum Gasteiger partial charge on any atom is 0.0413 e. The van der Waals surface area contributed by atoms with E-state index in [4.69, 9.17) is 5.73 Å². The summed E-state index contributed by atoms with van der Waals surface area (Å²) in [5, 5.41) is 0. The Balaban J connectivity index is 1.86. The highest BCUT2D eigenvalue weighted by atomic mass is 32.2. The quantitative estimate of drug-likeness (QED) is 0.899. The Bertz CT molecular complexity index is 445. The molecule has 1 aromatic carbocycles. The first-order valence-electron chi connectivity index (χ1n) is 7.21. The summed E-state index contributed by atoms with van der Waals surface area (Å²) in [5.41, 5.74) is 9.40. The Labute approximate surface area is 120 Å². The molecule has 104 valence electrons. The van der Waals surface area contributed by atoms with E-state index < -0.39 is 0 Å². The molecule has 0 amide bonds. The number of rotatable bonds is 2. The molecule has 1 aromatic rings. The molecule has 0 aromatic heterocycles. The minimum absolute atomic E-state index is 0.169. The average molecular weight is 276 g/mol. The molecule has 1 fully saturated rings. The van der Waals surface area contributed by atoms with Gasteiger partial charge in [0.25, 0.3) is 0 Å². The van der Waals surface area contributed by atoms with Crippen molar-refractivity contribution in [2.75, 3.05) is 25.4 Å². The number of nitrogens with zero attached hydrogens (tertiary/aromatic N) is 1. The number of nitrogens with two attached hydrogens (primary N) is 1. The molecule has 1 saturated heterocycles. The highest BCUT2D eigenvalue weighted by Gasteiger charge is 2.44. The Morgan fingerprint density at radius 3 is 2.37 bits per heavy atom. The van der Waals surface area contributed by atoms with Gasteiger partial charge in [-0.1, -0.05) is 24.3 Å². The van der Waals surface area contributed by atoms with Gasteiger partial charge in [0.05, 0.1) is 0 Å². The summed E-state index contributed by atoms with van der Waals surface area (Å²) in [6, 6.07) is 8.86. The fourth-order valence-corrected chi connectivity index (χ4v) is 4.70. The van der Waals surface area contributed by atoms with E-state index in [-0.39, 0.29) is 5.54 Å². The molecule has 1 aliphatic heterocycles. The minimum atomic E-state index is 0.169. The summed E-state index contributed by atoms with van der Waals surface area (Å²) in [6.45, 7) is 7.82. The zero-order valence-electron chi connectivity index (χ0n) is 12.0. The highest BCUT2D eigenvalue weighted by molar-refractivity contribution is 8.00. The van der Waals surface area contributed by atoms with Crippen molar-refractivity contribution < 1.29 is 0 Å². The molecule has 19 heavy (non-hydrogen) atoms. The van der Waals surface area contributed by atoms with Crippen LogP contribution in [0.15, 0.2) is 24.3 Å². The van der Waals surface area contributed by atoms with Gasteiger partial charge in [-0.2, -0.15) is 11.8 Å². The molecule has 2 aliphatic rings. The topological polar surface area (TPSA) is 29.3 Å². The number of hydrogen-bond acceptors (Lipinski definition) is 3. The van der Waals surface area contributed by atoms with E-state index in [0.29, 0.717) is 4.75 Å². The number of hydrogen-bond donors (Lipinski definition) is 1. The van der Waals surface area contributed by atoms with Crippen LogP contribution in [-0.4, -0.2) is 40.6 Å². The third-order valence-electron chi connectivity index (χ3n) is 4.63. The standard InChI is InChI=1S/C16H24N2S/c1-15(2)12-18(7-8-19-15)16(11-17)9-13-5-3-4-6-14(13)10-16/h3-6H,7-12,17H2,1-2H3. The lowest BCUT2D eigenvalue weighted by atomic mass is 9.92. The van der Waals surface area contributed by atoms with Gasteiger partial charge in [-0.25, -0.2) is 0 Å². The van der Waals surface area contributed by atoms with Crippen LogP contribution >= 0.6 is 11.8 Å². The molecule has 0 saturated carbocycles. The summed E-state index contributed by atoms with van der Waals surface area (Å²) in [4.78, 5) is 2.67. The third kappa shape index (κ3) is 2.44. The highest BCUT2D eigenvalue weighted by Crippen LogP contribution is 2.39. The van der Waals surface area contributed by atoms with Crippen LogP contribution in [0, 0.1) is 0 Å². The van der Waals surface area contributed by atoms with Crippen molar-refractivity contribution in [3.8, 4) is 0 Å². The van der Waals surface area contributed by atoms with E-state index in [1.165, 1.54) is 23.4 Å². The van der Waals surface area contributed by atoms with E-state index in [1.54, 1.807) is 0 Å². The van der Waals surface area contributed by atoms with E-state index in [1.807, 2.05) is 0 Å². The van der Waals surface area contributed by atoms with Gasteiger partial charge in [0, 0.05) is 35.7 Å². The van der Waals surface area contributed by atoms with Crippen molar-refractivity contribution in [2.24, 2.45) is 5.73 Å². The predicted molar refractivity (Wildman–Crippen MR) is 83.7 cm³/mol. The second kappa shape index (κ2) is 4.80. The molecular weight excluding hydrogens is 252 g/mol. The smallest absolute Gasteiger partial charge is 0.0413 e. The van der Waals surface area contributed by atoms with Gasteiger partial charge in [0.2, 0.25) is 0 Å². The second-order valence-corrected chi connectivity index (χ2v) is 8.38. The van der Waals surface area contributed by atoms with Gasteiger partial charge in [-0.05, 0) is 37.8 Å². The van der Waals surface area contributed by atoms with Crippen LogP contribution in [0.25, 0.3) is 0 Å². The van der Waals surface area contributed by atoms with Crippen LogP contribution in [0.5, 0.6) is 0 Å². The summed E-state index contributed by atoms with van der Waals surface area (Å²) in [7, 11) is 0. The Kier molecular flexibility index (Phi) is 3.40. The van der Waals surface area contributed by atoms with Crippen LogP contribution in [0.3, 0.4) is 0 Å². The van der Waals surface area contributed by atoms with Crippen LogP contribution in [0.2, 0.25) is 0 Å². The first-order chi connectivity index (χ1) is 9.05. The fourth-order valence-electron chi connectivity index (χ4n) is 3.59. The number of thioether (sulfide) groups is 1. The fraction of sp³-hybridized carbons (Fsp3) is 0.625. The van der Waals surface area contributed by atoms with Crippen LogP contribution in [0.1, 0.15) is 25.0 Å². The average Bonchev–Trinajstić information content (AvgIpc) is 2.77. The molecular formula is C16H24N2S. The lowest BCUT2D eigenvalue weighted by molar-refractivity contribution is 0.0964. The Morgan fingerprint density at radius 2 is 1.84 bits per heavy atom. The first kappa shape index (κ1) is 13.5. The van der Waals surface area contributed by atoms with E-state index in [9.17, 15) is 0 Å². The van der Waals surface area contributed by atoms with Crippen LogP contribution in [0.4, 0.5) is 0 Å². The molecule has 0 spiro atoms. The van der Waals surface area contributed by atoms with Gasteiger partial charge >= 0.3 is 0 Å². The lowest BCUT2D eigenvalue weighted by Crippen LogP contribution is -2.60. The molecule has 2 N–H and O–H groups in total. The van der Waals surface area contributed by atoms with Crippen molar-refractivity contribution in [2.45, 2.75) is 37.0 Å². The van der Waals surface area contributed by atoms with E-state index >= 15 is 0 Å². The predicted octanol–water partition coefficient (Wildman–Crippen LogP) is 2.31. The molecule has 0 unspecified atom stereocenters. The van der Waals surface area contributed by atoms with Crippen molar-refractivity contribution in [1.29, 1.82) is 0 Å². The molecule has 1 aliphatic carbocycles. The molecule has 3 rings (SSSR count). The Morgan fingerprint density at radius 1 is 1.21 bits per heavy atom. The normalized spacial score (nSPS) is 25.2. The lowest BCUT2D eigenvalue weighted by Gasteiger charge is -2.47. The zero-order chi connectivity index (χ0) is 13.5.